The van der Waals surface area contributed by atoms with Gasteiger partial charge in [-0.2, -0.15) is 0 Å². The Bertz CT molecular complexity index is 854. The molecule has 0 aliphatic carbocycles. The van der Waals surface area contributed by atoms with Crippen molar-refractivity contribution in [3.05, 3.63) is 39.4 Å². The van der Waals surface area contributed by atoms with Crippen LogP contribution in [-0.2, 0) is 13.0 Å². The largest absolute Gasteiger partial charge is 0.508 e. The van der Waals surface area contributed by atoms with E-state index in [4.69, 9.17) is 28.3 Å². The molecule has 0 saturated carbocycles. The second-order valence-electron chi connectivity index (χ2n) is 6.49. The van der Waals surface area contributed by atoms with Gasteiger partial charge in [0.1, 0.15) is 17.4 Å². The number of carbonyl (C=O) groups is 1. The number of nitrogens with zero attached hydrogens (tertiary/aromatic N) is 4. The number of carboxylic acid groups (broad SMARTS) is 1. The van der Waals surface area contributed by atoms with Gasteiger partial charge in [0.05, 0.1) is 10.0 Å². The first-order valence-corrected chi connectivity index (χ1v) is 8.78. The predicted molar refractivity (Wildman–Crippen MR) is 91.5 cm³/mol. The Kier molecular flexibility index (Phi) is 4.00. The molecule has 2 aromatic rings. The molecule has 1 aromatic carbocycles. The van der Waals surface area contributed by atoms with Crippen molar-refractivity contribution in [2.45, 2.75) is 31.2 Å². The second-order valence-corrected chi connectivity index (χ2v) is 7.28. The molecule has 1 saturated heterocycles. The number of aromatic nitrogens is 3. The van der Waals surface area contributed by atoms with Crippen molar-refractivity contribution < 1.29 is 15.0 Å². The molecule has 3 heterocycles. The van der Waals surface area contributed by atoms with Gasteiger partial charge in [-0.15, -0.1) is 10.2 Å². The maximum atomic E-state index is 11.1. The van der Waals surface area contributed by atoms with Crippen LogP contribution in [0.3, 0.4) is 0 Å². The molecule has 2 aliphatic rings. The second kappa shape index (κ2) is 6.07. The molecule has 1 fully saturated rings. The van der Waals surface area contributed by atoms with Crippen LogP contribution in [0.4, 0.5) is 4.79 Å². The van der Waals surface area contributed by atoms with Crippen LogP contribution < -0.4 is 0 Å². The number of halogens is 2. The average Bonchev–Trinajstić information content (AvgIpc) is 3.26. The summed E-state index contributed by atoms with van der Waals surface area (Å²) in [5.74, 6) is 1.76. The third-order valence-electron chi connectivity index (χ3n) is 5.03. The molecule has 2 atom stereocenters. The quantitative estimate of drug-likeness (QED) is 0.832. The first-order chi connectivity index (χ1) is 12.0. The molecule has 0 spiro atoms. The molecule has 1 amide bonds. The molecule has 25 heavy (non-hydrogen) atoms. The van der Waals surface area contributed by atoms with E-state index in [1.807, 2.05) is 4.57 Å². The van der Waals surface area contributed by atoms with Crippen molar-refractivity contribution in [3.63, 3.8) is 0 Å². The summed E-state index contributed by atoms with van der Waals surface area (Å²) < 4.78 is 2.03. The lowest BCUT2D eigenvalue weighted by molar-refractivity contribution is 0.155. The zero-order valence-electron chi connectivity index (χ0n) is 13.2. The highest BCUT2D eigenvalue weighted by Crippen LogP contribution is 2.42. The van der Waals surface area contributed by atoms with Gasteiger partial charge in [-0.1, -0.05) is 23.2 Å². The highest BCUT2D eigenvalue weighted by atomic mass is 35.5. The number of amides is 1. The standard InChI is InChI=1S/C16H16Cl2N4O3/c17-10-1-2-11(23)13(14(10)18)9-5-12-19-20-15(22(12)7-9)8-3-4-21(6-8)16(24)25/h1-2,8-9,23H,3-7H2,(H,24,25)/t8-,9-/m1/s1. The Hall–Kier alpha value is -1.99. The van der Waals surface area contributed by atoms with E-state index in [1.54, 1.807) is 12.1 Å². The third kappa shape index (κ3) is 2.71. The number of likely N-dealkylation sites (tertiary alicyclic amines) is 1. The first-order valence-electron chi connectivity index (χ1n) is 8.02. The maximum Gasteiger partial charge on any atom is 0.407 e. The van der Waals surface area contributed by atoms with E-state index >= 15 is 0 Å². The summed E-state index contributed by atoms with van der Waals surface area (Å²) in [6, 6.07) is 3.12. The van der Waals surface area contributed by atoms with Gasteiger partial charge in [0.15, 0.2) is 0 Å². The molecule has 4 rings (SSSR count). The van der Waals surface area contributed by atoms with Gasteiger partial charge >= 0.3 is 6.09 Å². The van der Waals surface area contributed by atoms with Crippen molar-refractivity contribution in [2.75, 3.05) is 13.1 Å². The summed E-state index contributed by atoms with van der Waals surface area (Å²) in [5.41, 5.74) is 0.629. The zero-order chi connectivity index (χ0) is 17.7. The fourth-order valence-corrected chi connectivity index (χ4v) is 4.27. The average molecular weight is 383 g/mol. The monoisotopic (exact) mass is 382 g/mol. The topological polar surface area (TPSA) is 91.5 Å². The lowest BCUT2D eigenvalue weighted by Crippen LogP contribution is -2.26. The molecule has 2 aliphatic heterocycles. The molecule has 0 radical (unpaired) electrons. The summed E-state index contributed by atoms with van der Waals surface area (Å²) in [6.45, 7) is 1.53. The molecule has 2 N–H and O–H groups in total. The van der Waals surface area contributed by atoms with Crippen LogP contribution in [0, 0.1) is 0 Å². The molecule has 7 nitrogen and oxygen atoms in total. The van der Waals surface area contributed by atoms with E-state index in [2.05, 4.69) is 10.2 Å². The van der Waals surface area contributed by atoms with E-state index in [-0.39, 0.29) is 17.6 Å². The van der Waals surface area contributed by atoms with Crippen molar-refractivity contribution in [1.29, 1.82) is 0 Å². The Balaban J connectivity index is 1.60. The van der Waals surface area contributed by atoms with E-state index < -0.39 is 6.09 Å². The van der Waals surface area contributed by atoms with Crippen LogP contribution in [0.15, 0.2) is 12.1 Å². The minimum absolute atomic E-state index is 0.0348. The minimum Gasteiger partial charge on any atom is -0.508 e. The smallest absolute Gasteiger partial charge is 0.407 e. The van der Waals surface area contributed by atoms with Crippen LogP contribution in [0.1, 0.15) is 35.5 Å². The summed E-state index contributed by atoms with van der Waals surface area (Å²) in [6.07, 6.45) is 0.436. The van der Waals surface area contributed by atoms with Gasteiger partial charge in [0.2, 0.25) is 0 Å². The minimum atomic E-state index is -0.905. The zero-order valence-corrected chi connectivity index (χ0v) is 14.7. The Morgan fingerprint density at radius 3 is 2.72 bits per heavy atom. The van der Waals surface area contributed by atoms with Crippen molar-refractivity contribution in [2.24, 2.45) is 0 Å². The summed E-state index contributed by atoms with van der Waals surface area (Å²) in [7, 11) is 0. The lowest BCUT2D eigenvalue weighted by atomic mass is 9.96. The lowest BCUT2D eigenvalue weighted by Gasteiger charge is -2.16. The summed E-state index contributed by atoms with van der Waals surface area (Å²) >= 11 is 12.4. The summed E-state index contributed by atoms with van der Waals surface area (Å²) in [4.78, 5) is 12.5. The predicted octanol–water partition coefficient (Wildman–Crippen LogP) is 3.10. The number of hydrogen-bond donors (Lipinski definition) is 2. The highest BCUT2D eigenvalue weighted by molar-refractivity contribution is 6.42. The van der Waals surface area contributed by atoms with Crippen LogP contribution in [-0.4, -0.2) is 49.1 Å². The normalized spacial score (nSPS) is 22.4. The van der Waals surface area contributed by atoms with Gasteiger partial charge < -0.3 is 19.7 Å². The van der Waals surface area contributed by atoms with Crippen LogP contribution in [0.5, 0.6) is 5.75 Å². The number of fused-ring (bicyclic) bond motifs is 1. The molecular weight excluding hydrogens is 367 g/mol. The number of benzene rings is 1. The number of aromatic hydroxyl groups is 1. The van der Waals surface area contributed by atoms with Crippen molar-refractivity contribution >= 4 is 29.3 Å². The van der Waals surface area contributed by atoms with E-state index in [9.17, 15) is 9.90 Å². The summed E-state index contributed by atoms with van der Waals surface area (Å²) in [5, 5.41) is 28.6. The van der Waals surface area contributed by atoms with E-state index in [1.165, 1.54) is 4.90 Å². The molecule has 132 valence electrons. The van der Waals surface area contributed by atoms with Crippen LogP contribution in [0.2, 0.25) is 10.0 Å². The van der Waals surface area contributed by atoms with E-state index in [0.717, 1.165) is 18.1 Å². The van der Waals surface area contributed by atoms with Gasteiger partial charge in [-0.3, -0.25) is 0 Å². The fourth-order valence-electron chi connectivity index (χ4n) is 3.79. The molecule has 1 aromatic heterocycles. The van der Waals surface area contributed by atoms with E-state index in [0.29, 0.717) is 41.7 Å². The Morgan fingerprint density at radius 1 is 1.20 bits per heavy atom. The van der Waals surface area contributed by atoms with Gasteiger partial charge in [-0.05, 0) is 18.6 Å². The Morgan fingerprint density at radius 2 is 2.00 bits per heavy atom. The number of phenolic OH excluding ortho intramolecular Hbond substituents is 1. The van der Waals surface area contributed by atoms with Gasteiger partial charge in [-0.25, -0.2) is 4.79 Å². The van der Waals surface area contributed by atoms with Gasteiger partial charge in [0.25, 0.3) is 0 Å². The molecule has 0 bridgehead atoms. The maximum absolute atomic E-state index is 11.1. The molecule has 0 unspecified atom stereocenters. The fraction of sp³-hybridized carbons (Fsp3) is 0.438. The van der Waals surface area contributed by atoms with Crippen LogP contribution in [0.25, 0.3) is 0 Å². The number of rotatable bonds is 2. The first kappa shape index (κ1) is 16.5. The van der Waals surface area contributed by atoms with Gasteiger partial charge in [0, 0.05) is 43.5 Å². The van der Waals surface area contributed by atoms with Crippen LogP contribution >= 0.6 is 23.2 Å². The molecule has 9 heteroatoms. The van der Waals surface area contributed by atoms with Crippen molar-refractivity contribution in [3.8, 4) is 5.75 Å². The third-order valence-corrected chi connectivity index (χ3v) is 5.85. The highest BCUT2D eigenvalue weighted by Gasteiger charge is 2.36. The Labute approximate surface area is 153 Å². The van der Waals surface area contributed by atoms with Crippen molar-refractivity contribution in [1.82, 2.24) is 19.7 Å². The number of phenols is 1. The SMILES string of the molecule is O=C(O)N1CC[C@@H](c2nnc3n2C[C@H](c2c(O)ccc(Cl)c2Cl)C3)C1. The molecular formula is C16H16Cl2N4O3. The number of hydrogen-bond acceptors (Lipinski definition) is 4.